The summed E-state index contributed by atoms with van der Waals surface area (Å²) in [6.07, 6.45) is 0.177. The van der Waals surface area contributed by atoms with Gasteiger partial charge < -0.3 is 5.11 Å². The van der Waals surface area contributed by atoms with Gasteiger partial charge in [-0.2, -0.15) is 0 Å². The molecule has 0 spiro atoms. The van der Waals surface area contributed by atoms with Crippen molar-refractivity contribution in [2.75, 3.05) is 0 Å². The fourth-order valence-electron chi connectivity index (χ4n) is 1.62. The summed E-state index contributed by atoms with van der Waals surface area (Å²) in [6, 6.07) is 10.5. The SMILES string of the molecule is O=C(Cc1ccc(O)cc1)c1cc(F)cc(Br)c1. The first-order chi connectivity index (χ1) is 8.54. The molecule has 0 aliphatic rings. The van der Waals surface area contributed by atoms with Crippen molar-refractivity contribution in [3.63, 3.8) is 0 Å². The third-order valence-electron chi connectivity index (χ3n) is 2.49. The van der Waals surface area contributed by atoms with Gasteiger partial charge in [0.05, 0.1) is 0 Å². The number of phenolic OH excluding ortho intramolecular Hbond substituents is 1. The quantitative estimate of drug-likeness (QED) is 0.877. The monoisotopic (exact) mass is 308 g/mol. The highest BCUT2D eigenvalue weighted by Gasteiger charge is 2.09. The van der Waals surface area contributed by atoms with Crippen molar-refractivity contribution < 1.29 is 14.3 Å². The van der Waals surface area contributed by atoms with Crippen LogP contribution in [0.15, 0.2) is 46.9 Å². The fraction of sp³-hybridized carbons (Fsp3) is 0.0714. The second-order valence-electron chi connectivity index (χ2n) is 3.92. The molecule has 2 aromatic carbocycles. The Balaban J connectivity index is 2.19. The van der Waals surface area contributed by atoms with Crippen LogP contribution in [0, 0.1) is 5.82 Å². The number of benzene rings is 2. The van der Waals surface area contributed by atoms with Crippen LogP contribution in [0.5, 0.6) is 5.75 Å². The number of ketones is 1. The number of halogens is 2. The van der Waals surface area contributed by atoms with E-state index in [0.29, 0.717) is 10.0 Å². The van der Waals surface area contributed by atoms with E-state index in [1.54, 1.807) is 18.2 Å². The summed E-state index contributed by atoms with van der Waals surface area (Å²) in [6.45, 7) is 0. The topological polar surface area (TPSA) is 37.3 Å². The number of carbonyl (C=O) groups excluding carboxylic acids is 1. The highest BCUT2D eigenvalue weighted by molar-refractivity contribution is 9.10. The third-order valence-corrected chi connectivity index (χ3v) is 2.94. The van der Waals surface area contributed by atoms with Gasteiger partial charge in [-0.15, -0.1) is 0 Å². The van der Waals surface area contributed by atoms with E-state index in [0.717, 1.165) is 5.56 Å². The van der Waals surface area contributed by atoms with E-state index in [4.69, 9.17) is 5.11 Å². The van der Waals surface area contributed by atoms with Gasteiger partial charge in [0.1, 0.15) is 11.6 Å². The van der Waals surface area contributed by atoms with Gasteiger partial charge in [0, 0.05) is 16.5 Å². The summed E-state index contributed by atoms with van der Waals surface area (Å²) in [5.74, 6) is -0.459. The predicted molar refractivity (Wildman–Crippen MR) is 70.2 cm³/mol. The van der Waals surface area contributed by atoms with E-state index < -0.39 is 5.82 Å². The van der Waals surface area contributed by atoms with Gasteiger partial charge in [0.2, 0.25) is 0 Å². The molecule has 92 valence electrons. The molecule has 0 amide bonds. The molecule has 0 heterocycles. The molecule has 1 N–H and O–H groups in total. The molecule has 0 aromatic heterocycles. The summed E-state index contributed by atoms with van der Waals surface area (Å²) in [4.78, 5) is 12.0. The summed E-state index contributed by atoms with van der Waals surface area (Å²) in [5.41, 5.74) is 1.10. The van der Waals surface area contributed by atoms with Crippen LogP contribution >= 0.6 is 15.9 Å². The standard InChI is InChI=1S/C14H10BrFO2/c15-11-6-10(7-12(16)8-11)14(18)5-9-1-3-13(17)4-2-9/h1-4,6-8,17H,5H2. The highest BCUT2D eigenvalue weighted by Crippen LogP contribution is 2.17. The fourth-order valence-corrected chi connectivity index (χ4v) is 2.08. The molecular weight excluding hydrogens is 299 g/mol. The van der Waals surface area contributed by atoms with Crippen molar-refractivity contribution in [3.8, 4) is 5.75 Å². The number of rotatable bonds is 3. The van der Waals surface area contributed by atoms with Crippen LogP contribution in [-0.4, -0.2) is 10.9 Å². The maximum absolute atomic E-state index is 13.2. The predicted octanol–water partition coefficient (Wildman–Crippen LogP) is 3.72. The van der Waals surface area contributed by atoms with Gasteiger partial charge in [-0.1, -0.05) is 28.1 Å². The number of hydrogen-bond acceptors (Lipinski definition) is 2. The molecular formula is C14H10BrFO2. The van der Waals surface area contributed by atoms with Gasteiger partial charge in [-0.05, 0) is 35.9 Å². The smallest absolute Gasteiger partial charge is 0.167 e. The number of phenols is 1. The lowest BCUT2D eigenvalue weighted by molar-refractivity contribution is 0.0992. The van der Waals surface area contributed by atoms with Crippen molar-refractivity contribution in [1.82, 2.24) is 0 Å². The third kappa shape index (κ3) is 3.17. The molecule has 18 heavy (non-hydrogen) atoms. The molecule has 0 fully saturated rings. The summed E-state index contributed by atoms with van der Waals surface area (Å²) in [7, 11) is 0. The minimum atomic E-state index is -0.446. The van der Waals surface area contributed by atoms with Gasteiger partial charge in [-0.25, -0.2) is 4.39 Å². The lowest BCUT2D eigenvalue weighted by Crippen LogP contribution is -2.04. The second kappa shape index (κ2) is 5.31. The lowest BCUT2D eigenvalue weighted by atomic mass is 10.0. The van der Waals surface area contributed by atoms with Crippen molar-refractivity contribution in [1.29, 1.82) is 0 Å². The van der Waals surface area contributed by atoms with E-state index in [1.807, 2.05) is 0 Å². The average molecular weight is 309 g/mol. The van der Waals surface area contributed by atoms with Crippen molar-refractivity contribution >= 4 is 21.7 Å². The molecule has 0 bridgehead atoms. The van der Waals surface area contributed by atoms with Gasteiger partial charge in [-0.3, -0.25) is 4.79 Å². The molecule has 2 nitrogen and oxygen atoms in total. The zero-order chi connectivity index (χ0) is 13.1. The van der Waals surface area contributed by atoms with Crippen molar-refractivity contribution in [3.05, 3.63) is 63.9 Å². The maximum atomic E-state index is 13.2. The first-order valence-electron chi connectivity index (χ1n) is 5.32. The van der Waals surface area contributed by atoms with Gasteiger partial charge in [0.15, 0.2) is 5.78 Å². The average Bonchev–Trinajstić information content (AvgIpc) is 2.31. The zero-order valence-electron chi connectivity index (χ0n) is 9.36. The van der Waals surface area contributed by atoms with Crippen LogP contribution in [0.2, 0.25) is 0 Å². The molecule has 0 saturated carbocycles. The molecule has 0 unspecified atom stereocenters. The number of aromatic hydroxyl groups is 1. The van der Waals surface area contributed by atoms with E-state index >= 15 is 0 Å². The summed E-state index contributed by atoms with van der Waals surface area (Å²) >= 11 is 3.15. The molecule has 4 heteroatoms. The Kier molecular flexibility index (Phi) is 3.77. The van der Waals surface area contributed by atoms with Crippen LogP contribution < -0.4 is 0 Å². The molecule has 2 rings (SSSR count). The van der Waals surface area contributed by atoms with Gasteiger partial charge >= 0.3 is 0 Å². The van der Waals surface area contributed by atoms with E-state index in [1.165, 1.54) is 24.3 Å². The van der Waals surface area contributed by atoms with Crippen LogP contribution in [0.25, 0.3) is 0 Å². The minimum absolute atomic E-state index is 0.152. The van der Waals surface area contributed by atoms with Gasteiger partial charge in [0.25, 0.3) is 0 Å². The van der Waals surface area contributed by atoms with Crippen LogP contribution in [0.3, 0.4) is 0 Å². The number of hydrogen-bond donors (Lipinski definition) is 1. The maximum Gasteiger partial charge on any atom is 0.167 e. The Morgan fingerprint density at radius 1 is 1.17 bits per heavy atom. The van der Waals surface area contributed by atoms with Crippen molar-refractivity contribution in [2.24, 2.45) is 0 Å². The van der Waals surface area contributed by atoms with Crippen LogP contribution in [0.1, 0.15) is 15.9 Å². The molecule has 0 atom stereocenters. The minimum Gasteiger partial charge on any atom is -0.508 e. The second-order valence-corrected chi connectivity index (χ2v) is 4.84. The molecule has 0 radical (unpaired) electrons. The molecule has 2 aromatic rings. The summed E-state index contributed by atoms with van der Waals surface area (Å²) in [5, 5.41) is 9.14. The highest BCUT2D eigenvalue weighted by atomic mass is 79.9. The number of carbonyl (C=O) groups is 1. The number of Topliss-reactive ketones (excluding diaryl/α,β-unsaturated/α-hetero) is 1. The zero-order valence-corrected chi connectivity index (χ0v) is 10.9. The van der Waals surface area contributed by atoms with Crippen molar-refractivity contribution in [2.45, 2.75) is 6.42 Å². The Hall–Kier alpha value is -1.68. The van der Waals surface area contributed by atoms with E-state index in [-0.39, 0.29) is 18.0 Å². The molecule has 0 aliphatic heterocycles. The Labute approximate surface area is 112 Å². The van der Waals surface area contributed by atoms with Crippen LogP contribution in [0.4, 0.5) is 4.39 Å². The molecule has 0 saturated heterocycles. The normalized spacial score (nSPS) is 10.3. The Morgan fingerprint density at radius 3 is 2.44 bits per heavy atom. The lowest BCUT2D eigenvalue weighted by Gasteiger charge is -2.03. The Bertz CT molecular complexity index is 559. The van der Waals surface area contributed by atoms with E-state index in [9.17, 15) is 9.18 Å². The first kappa shape index (κ1) is 12.8. The summed E-state index contributed by atoms with van der Waals surface area (Å²) < 4.78 is 13.7. The first-order valence-corrected chi connectivity index (χ1v) is 6.11. The Morgan fingerprint density at radius 2 is 1.83 bits per heavy atom. The molecule has 0 aliphatic carbocycles. The largest absolute Gasteiger partial charge is 0.508 e. The van der Waals surface area contributed by atoms with Crippen LogP contribution in [-0.2, 0) is 6.42 Å². The van der Waals surface area contributed by atoms with E-state index in [2.05, 4.69) is 15.9 Å².